The van der Waals surface area contributed by atoms with Gasteiger partial charge < -0.3 is 10.2 Å². The molecule has 0 aromatic carbocycles. The lowest BCUT2D eigenvalue weighted by Gasteiger charge is -2.05. The Kier molecular flexibility index (Phi) is 2.07. The molecule has 0 saturated heterocycles. The molecule has 0 spiro atoms. The predicted octanol–water partition coefficient (Wildman–Crippen LogP) is 0.881. The summed E-state index contributed by atoms with van der Waals surface area (Å²) in [6.45, 7) is 0. The second kappa shape index (κ2) is 2.79. The maximum absolute atomic E-state index is 12.6. The normalized spacial score (nSPS) is 20.5. The highest BCUT2D eigenvalue weighted by Crippen LogP contribution is 2.39. The second-order valence-corrected chi connectivity index (χ2v) is 2.78. The van der Waals surface area contributed by atoms with Crippen LogP contribution in [0.1, 0.15) is 12.8 Å². The lowest BCUT2D eigenvalue weighted by Crippen LogP contribution is -2.12. The number of hydrogen-bond acceptors (Lipinski definition) is 2. The minimum absolute atomic E-state index is 0.697. The highest BCUT2D eigenvalue weighted by atomic mass is 19.3. The van der Waals surface area contributed by atoms with Crippen LogP contribution in [0.2, 0.25) is 0 Å². The Morgan fingerprint density at radius 2 is 1.38 bits per heavy atom. The topological polar surface area (TPSA) is 74.6 Å². The molecule has 0 aliphatic heterocycles. The van der Waals surface area contributed by atoms with Crippen molar-refractivity contribution in [3.05, 3.63) is 11.1 Å². The lowest BCUT2D eigenvalue weighted by atomic mass is 10.1. The van der Waals surface area contributed by atoms with E-state index in [1.54, 1.807) is 0 Å². The van der Waals surface area contributed by atoms with E-state index in [-0.39, 0.29) is 0 Å². The van der Waals surface area contributed by atoms with Gasteiger partial charge in [0.2, 0.25) is 0 Å². The van der Waals surface area contributed by atoms with Gasteiger partial charge in [-0.2, -0.15) is 0 Å². The summed E-state index contributed by atoms with van der Waals surface area (Å²) < 4.78 is 25.2. The van der Waals surface area contributed by atoms with Crippen LogP contribution in [0.4, 0.5) is 8.78 Å². The molecule has 0 atom stereocenters. The average Bonchev–Trinajstić information content (AvgIpc) is 2.26. The van der Waals surface area contributed by atoms with E-state index in [9.17, 15) is 18.4 Å². The third kappa shape index (κ3) is 1.82. The number of carboxylic acid groups (broad SMARTS) is 2. The van der Waals surface area contributed by atoms with Gasteiger partial charge in [0.15, 0.2) is 0 Å². The van der Waals surface area contributed by atoms with E-state index < -0.39 is 41.8 Å². The summed E-state index contributed by atoms with van der Waals surface area (Å²) in [7, 11) is 0. The molecular formula is C7H6F2O4. The molecule has 0 aromatic heterocycles. The maximum Gasteiger partial charge on any atom is 0.332 e. The SMILES string of the molecule is O=C(O)C1=C(C(=O)O)CC(F)(F)C1. The van der Waals surface area contributed by atoms with Gasteiger partial charge in [-0.25, -0.2) is 18.4 Å². The molecule has 1 rings (SSSR count). The van der Waals surface area contributed by atoms with Gasteiger partial charge in [0.1, 0.15) is 0 Å². The fourth-order valence-electron chi connectivity index (χ4n) is 1.20. The molecule has 0 fully saturated rings. The van der Waals surface area contributed by atoms with Crippen LogP contribution in [0, 0.1) is 0 Å². The molecule has 0 saturated carbocycles. The molecule has 72 valence electrons. The van der Waals surface area contributed by atoms with Crippen molar-refractivity contribution in [2.45, 2.75) is 18.8 Å². The average molecular weight is 192 g/mol. The molecule has 0 radical (unpaired) electrons. The highest BCUT2D eigenvalue weighted by Gasteiger charge is 2.44. The molecule has 2 N–H and O–H groups in total. The third-order valence-electron chi connectivity index (χ3n) is 1.75. The van der Waals surface area contributed by atoms with Crippen molar-refractivity contribution in [1.29, 1.82) is 0 Å². The van der Waals surface area contributed by atoms with E-state index in [0.29, 0.717) is 0 Å². The zero-order chi connectivity index (χ0) is 10.2. The maximum atomic E-state index is 12.6. The van der Waals surface area contributed by atoms with Crippen LogP contribution >= 0.6 is 0 Å². The Hall–Kier alpha value is -1.46. The van der Waals surface area contributed by atoms with Crippen molar-refractivity contribution in [1.82, 2.24) is 0 Å². The summed E-state index contributed by atoms with van der Waals surface area (Å²) in [6, 6.07) is 0. The fourth-order valence-corrected chi connectivity index (χ4v) is 1.20. The first-order valence-corrected chi connectivity index (χ1v) is 3.40. The summed E-state index contributed by atoms with van der Waals surface area (Å²) in [5, 5.41) is 16.8. The zero-order valence-corrected chi connectivity index (χ0v) is 6.38. The first-order valence-electron chi connectivity index (χ1n) is 3.40. The van der Waals surface area contributed by atoms with Crippen molar-refractivity contribution in [3.8, 4) is 0 Å². The van der Waals surface area contributed by atoms with Crippen LogP contribution in [0.3, 0.4) is 0 Å². The molecular weight excluding hydrogens is 186 g/mol. The fraction of sp³-hybridized carbons (Fsp3) is 0.429. The number of carbonyl (C=O) groups is 2. The van der Waals surface area contributed by atoms with Gasteiger partial charge in [0, 0.05) is 12.8 Å². The lowest BCUT2D eigenvalue weighted by molar-refractivity contribution is -0.135. The van der Waals surface area contributed by atoms with E-state index in [2.05, 4.69) is 0 Å². The first kappa shape index (κ1) is 9.63. The van der Waals surface area contributed by atoms with Crippen LogP contribution in [-0.4, -0.2) is 28.1 Å². The van der Waals surface area contributed by atoms with Crippen LogP contribution in [0.5, 0.6) is 0 Å². The van der Waals surface area contributed by atoms with E-state index in [1.807, 2.05) is 0 Å². The quantitative estimate of drug-likeness (QED) is 0.681. The Bertz CT molecular complexity index is 278. The summed E-state index contributed by atoms with van der Waals surface area (Å²) in [5.41, 5.74) is -1.39. The summed E-state index contributed by atoms with van der Waals surface area (Å²) in [6.07, 6.45) is -1.99. The minimum atomic E-state index is -3.23. The van der Waals surface area contributed by atoms with Crippen LogP contribution < -0.4 is 0 Å². The van der Waals surface area contributed by atoms with Gasteiger partial charge in [0.05, 0.1) is 11.1 Å². The standard InChI is InChI=1S/C7H6F2O4/c8-7(9)1-3(5(10)11)4(2-7)6(12)13/h1-2H2,(H,10,11)(H,12,13). The molecule has 6 heteroatoms. The van der Waals surface area contributed by atoms with Gasteiger partial charge in [-0.05, 0) is 0 Å². The highest BCUT2D eigenvalue weighted by molar-refractivity contribution is 6.00. The van der Waals surface area contributed by atoms with Crippen LogP contribution in [-0.2, 0) is 9.59 Å². The van der Waals surface area contributed by atoms with Gasteiger partial charge >= 0.3 is 11.9 Å². The van der Waals surface area contributed by atoms with Crippen molar-refractivity contribution < 1.29 is 28.6 Å². The van der Waals surface area contributed by atoms with Crippen LogP contribution in [0.25, 0.3) is 0 Å². The number of rotatable bonds is 2. The summed E-state index contributed by atoms with van der Waals surface area (Å²) >= 11 is 0. The molecule has 13 heavy (non-hydrogen) atoms. The van der Waals surface area contributed by atoms with E-state index >= 15 is 0 Å². The Morgan fingerprint density at radius 3 is 1.62 bits per heavy atom. The van der Waals surface area contributed by atoms with Gasteiger partial charge in [-0.1, -0.05) is 0 Å². The smallest absolute Gasteiger partial charge is 0.332 e. The number of alkyl halides is 2. The first-order chi connectivity index (χ1) is 5.83. The number of aliphatic carboxylic acids is 2. The van der Waals surface area contributed by atoms with E-state index in [4.69, 9.17) is 10.2 Å². The molecule has 0 bridgehead atoms. The molecule has 1 aliphatic rings. The Balaban J connectivity index is 3.04. The van der Waals surface area contributed by atoms with Gasteiger partial charge in [0.25, 0.3) is 5.92 Å². The second-order valence-electron chi connectivity index (χ2n) is 2.78. The Labute approximate surface area is 71.5 Å². The Morgan fingerprint density at radius 1 is 1.08 bits per heavy atom. The van der Waals surface area contributed by atoms with Crippen molar-refractivity contribution in [2.24, 2.45) is 0 Å². The van der Waals surface area contributed by atoms with Crippen molar-refractivity contribution in [3.63, 3.8) is 0 Å². The number of halogens is 2. The van der Waals surface area contributed by atoms with Gasteiger partial charge in [-0.3, -0.25) is 0 Å². The molecule has 0 amide bonds. The van der Waals surface area contributed by atoms with Crippen molar-refractivity contribution in [2.75, 3.05) is 0 Å². The zero-order valence-electron chi connectivity index (χ0n) is 6.38. The molecule has 0 aromatic rings. The van der Waals surface area contributed by atoms with E-state index in [1.165, 1.54) is 0 Å². The molecule has 0 heterocycles. The van der Waals surface area contributed by atoms with Crippen LogP contribution in [0.15, 0.2) is 11.1 Å². The van der Waals surface area contributed by atoms with E-state index in [0.717, 1.165) is 0 Å². The third-order valence-corrected chi connectivity index (χ3v) is 1.75. The minimum Gasteiger partial charge on any atom is -0.478 e. The molecule has 1 aliphatic carbocycles. The molecule has 0 unspecified atom stereocenters. The monoisotopic (exact) mass is 192 g/mol. The van der Waals surface area contributed by atoms with Gasteiger partial charge in [-0.15, -0.1) is 0 Å². The summed E-state index contributed by atoms with van der Waals surface area (Å²) in [4.78, 5) is 20.7. The number of carboxylic acids is 2. The predicted molar refractivity (Wildman–Crippen MR) is 36.5 cm³/mol. The number of hydrogen-bond donors (Lipinski definition) is 2. The largest absolute Gasteiger partial charge is 0.478 e. The summed E-state index contributed by atoms with van der Waals surface area (Å²) in [5.74, 6) is -6.41. The molecule has 4 nitrogen and oxygen atoms in total. The van der Waals surface area contributed by atoms with Crippen molar-refractivity contribution >= 4 is 11.9 Å².